The Morgan fingerprint density at radius 2 is 1.80 bits per heavy atom. The number of hydrogen-bond donors (Lipinski definition) is 1. The van der Waals surface area contributed by atoms with Crippen molar-refractivity contribution < 1.29 is 24.1 Å². The zero-order valence-electron chi connectivity index (χ0n) is 18.1. The van der Waals surface area contributed by atoms with Crippen LogP contribution in [0.2, 0.25) is 0 Å². The molecule has 30 heavy (non-hydrogen) atoms. The molecular formula is C24H35NO5. The number of aliphatic hydroxyl groups excluding tert-OH is 1. The zero-order chi connectivity index (χ0) is 21.2. The average molecular weight is 418 g/mol. The van der Waals surface area contributed by atoms with E-state index in [4.69, 9.17) is 19.3 Å². The molecule has 6 nitrogen and oxygen atoms in total. The highest BCUT2D eigenvalue weighted by atomic mass is 16.7. The molecule has 1 saturated heterocycles. The van der Waals surface area contributed by atoms with Gasteiger partial charge >= 0.3 is 0 Å². The van der Waals surface area contributed by atoms with E-state index in [0.717, 1.165) is 43.7 Å². The summed E-state index contributed by atoms with van der Waals surface area (Å²) in [5.41, 5.74) is 1.11. The van der Waals surface area contributed by atoms with E-state index >= 15 is 0 Å². The Balaban J connectivity index is 1.74. The number of likely N-dealkylation sites (tertiary alicyclic amines) is 1. The van der Waals surface area contributed by atoms with Crippen molar-refractivity contribution in [2.75, 3.05) is 33.4 Å². The first-order chi connectivity index (χ1) is 14.7. The van der Waals surface area contributed by atoms with Crippen molar-refractivity contribution >= 4 is 5.91 Å². The van der Waals surface area contributed by atoms with Crippen LogP contribution in [0.1, 0.15) is 62.8 Å². The van der Waals surface area contributed by atoms with Gasteiger partial charge in [0.25, 0.3) is 5.91 Å². The average Bonchev–Trinajstić information content (AvgIpc) is 2.76. The van der Waals surface area contributed by atoms with Crippen molar-refractivity contribution in [3.8, 4) is 5.75 Å². The SMILES string of the molecule is COc1ccc([C@@H]2C=C(C(=O)N3CCCCCCC3)O[C@H](OCCCCO)C2)cc1. The second-order valence-corrected chi connectivity index (χ2v) is 8.06. The molecule has 0 aliphatic carbocycles. The van der Waals surface area contributed by atoms with Gasteiger partial charge in [-0.15, -0.1) is 0 Å². The molecule has 0 bridgehead atoms. The van der Waals surface area contributed by atoms with E-state index in [1.165, 1.54) is 19.3 Å². The molecule has 2 aliphatic heterocycles. The molecule has 2 atom stereocenters. The number of ether oxygens (including phenoxy) is 3. The molecule has 0 aromatic heterocycles. The minimum atomic E-state index is -0.463. The third-order valence-electron chi connectivity index (χ3n) is 5.81. The number of allylic oxidation sites excluding steroid dienone is 1. The van der Waals surface area contributed by atoms with Crippen LogP contribution in [0.4, 0.5) is 0 Å². The van der Waals surface area contributed by atoms with Gasteiger partial charge in [0.1, 0.15) is 5.75 Å². The number of nitrogens with zero attached hydrogens (tertiary/aromatic N) is 1. The van der Waals surface area contributed by atoms with Crippen molar-refractivity contribution in [2.24, 2.45) is 0 Å². The summed E-state index contributed by atoms with van der Waals surface area (Å²) in [5.74, 6) is 1.22. The number of unbranched alkanes of at least 4 members (excludes halogenated alkanes) is 1. The van der Waals surface area contributed by atoms with Gasteiger partial charge in [-0.25, -0.2) is 0 Å². The molecule has 6 heteroatoms. The van der Waals surface area contributed by atoms with Crippen LogP contribution in [0.3, 0.4) is 0 Å². The lowest BCUT2D eigenvalue weighted by atomic mass is 9.92. The monoisotopic (exact) mass is 417 g/mol. The van der Waals surface area contributed by atoms with Crippen molar-refractivity contribution in [1.82, 2.24) is 4.90 Å². The Kier molecular flexibility index (Phi) is 9.02. The van der Waals surface area contributed by atoms with E-state index in [-0.39, 0.29) is 18.4 Å². The van der Waals surface area contributed by atoms with Crippen LogP contribution in [0, 0.1) is 0 Å². The van der Waals surface area contributed by atoms with Crippen LogP contribution in [-0.2, 0) is 14.3 Å². The molecule has 0 radical (unpaired) electrons. The largest absolute Gasteiger partial charge is 0.497 e. The Morgan fingerprint density at radius 3 is 2.47 bits per heavy atom. The Morgan fingerprint density at radius 1 is 1.10 bits per heavy atom. The molecule has 3 rings (SSSR count). The van der Waals surface area contributed by atoms with Gasteiger partial charge < -0.3 is 24.2 Å². The first-order valence-corrected chi connectivity index (χ1v) is 11.3. The summed E-state index contributed by atoms with van der Waals surface area (Å²) < 4.78 is 17.2. The number of methoxy groups -OCH3 is 1. The van der Waals surface area contributed by atoms with Crippen LogP contribution in [-0.4, -0.2) is 55.6 Å². The van der Waals surface area contributed by atoms with Gasteiger partial charge in [-0.1, -0.05) is 31.4 Å². The number of amides is 1. The second-order valence-electron chi connectivity index (χ2n) is 8.06. The maximum Gasteiger partial charge on any atom is 0.288 e. The maximum absolute atomic E-state index is 13.2. The molecule has 0 spiro atoms. The van der Waals surface area contributed by atoms with Crippen LogP contribution in [0.15, 0.2) is 36.1 Å². The molecule has 0 unspecified atom stereocenters. The third kappa shape index (κ3) is 6.47. The summed E-state index contributed by atoms with van der Waals surface area (Å²) in [6.45, 7) is 2.23. The Labute approximate surface area is 179 Å². The quantitative estimate of drug-likeness (QED) is 0.648. The molecular weight excluding hydrogens is 382 g/mol. The van der Waals surface area contributed by atoms with Crippen LogP contribution < -0.4 is 4.74 Å². The van der Waals surface area contributed by atoms with Crippen molar-refractivity contribution in [3.63, 3.8) is 0 Å². The first-order valence-electron chi connectivity index (χ1n) is 11.3. The Bertz CT molecular complexity index is 679. The Hall–Kier alpha value is -2.05. The topological polar surface area (TPSA) is 68.2 Å². The van der Waals surface area contributed by atoms with Gasteiger partial charge in [-0.2, -0.15) is 0 Å². The number of carbonyl (C=O) groups excluding carboxylic acids is 1. The number of aliphatic hydroxyl groups is 1. The van der Waals surface area contributed by atoms with E-state index in [9.17, 15) is 4.79 Å². The fourth-order valence-electron chi connectivity index (χ4n) is 4.03. The number of rotatable bonds is 8. The molecule has 2 heterocycles. The normalized spacial score (nSPS) is 22.5. The standard InChI is InChI=1S/C24H35NO5/c1-28-21-11-9-19(10-12-21)20-17-22(30-23(18-20)29-16-8-7-15-26)24(27)25-13-5-3-2-4-6-14-25/h9-12,17,20,23,26H,2-8,13-16,18H2,1H3/t20-,23+/m1/s1. The second kappa shape index (κ2) is 12.0. The lowest BCUT2D eigenvalue weighted by Crippen LogP contribution is -2.38. The highest BCUT2D eigenvalue weighted by Gasteiger charge is 2.31. The molecule has 2 aliphatic rings. The van der Waals surface area contributed by atoms with E-state index in [1.807, 2.05) is 35.2 Å². The predicted molar refractivity (Wildman–Crippen MR) is 115 cm³/mol. The van der Waals surface area contributed by atoms with E-state index in [0.29, 0.717) is 25.2 Å². The molecule has 1 fully saturated rings. The lowest BCUT2D eigenvalue weighted by Gasteiger charge is -2.32. The lowest BCUT2D eigenvalue weighted by molar-refractivity contribution is -0.153. The zero-order valence-corrected chi connectivity index (χ0v) is 18.1. The van der Waals surface area contributed by atoms with E-state index < -0.39 is 6.29 Å². The summed E-state index contributed by atoms with van der Waals surface area (Å²) >= 11 is 0. The maximum atomic E-state index is 13.2. The minimum Gasteiger partial charge on any atom is -0.497 e. The van der Waals surface area contributed by atoms with E-state index in [2.05, 4.69) is 0 Å². The molecule has 1 amide bonds. The van der Waals surface area contributed by atoms with Gasteiger partial charge in [0.05, 0.1) is 13.7 Å². The van der Waals surface area contributed by atoms with Gasteiger partial charge in [0, 0.05) is 32.0 Å². The molecule has 1 aromatic carbocycles. The van der Waals surface area contributed by atoms with Crippen molar-refractivity contribution in [2.45, 2.75) is 63.6 Å². The summed E-state index contributed by atoms with van der Waals surface area (Å²) in [6.07, 6.45) is 9.30. The van der Waals surface area contributed by atoms with Crippen LogP contribution in [0.5, 0.6) is 5.75 Å². The van der Waals surface area contributed by atoms with Crippen LogP contribution >= 0.6 is 0 Å². The smallest absolute Gasteiger partial charge is 0.288 e. The summed E-state index contributed by atoms with van der Waals surface area (Å²) in [5, 5.41) is 8.98. The summed E-state index contributed by atoms with van der Waals surface area (Å²) in [6, 6.07) is 7.95. The number of benzene rings is 1. The van der Waals surface area contributed by atoms with Crippen LogP contribution in [0.25, 0.3) is 0 Å². The van der Waals surface area contributed by atoms with Gasteiger partial charge in [0.15, 0.2) is 5.76 Å². The summed E-state index contributed by atoms with van der Waals surface area (Å²) in [7, 11) is 1.65. The van der Waals surface area contributed by atoms with Crippen molar-refractivity contribution in [1.29, 1.82) is 0 Å². The van der Waals surface area contributed by atoms with Gasteiger partial charge in [-0.05, 0) is 49.5 Å². The van der Waals surface area contributed by atoms with Gasteiger partial charge in [-0.3, -0.25) is 4.79 Å². The number of hydrogen-bond acceptors (Lipinski definition) is 5. The fourth-order valence-corrected chi connectivity index (χ4v) is 4.03. The summed E-state index contributed by atoms with van der Waals surface area (Å²) in [4.78, 5) is 15.2. The third-order valence-corrected chi connectivity index (χ3v) is 5.81. The van der Waals surface area contributed by atoms with Gasteiger partial charge in [0.2, 0.25) is 6.29 Å². The molecule has 1 aromatic rings. The first kappa shape index (κ1) is 22.6. The molecule has 0 saturated carbocycles. The van der Waals surface area contributed by atoms with Crippen molar-refractivity contribution in [3.05, 3.63) is 41.7 Å². The number of carbonyl (C=O) groups is 1. The highest BCUT2D eigenvalue weighted by molar-refractivity contribution is 5.91. The predicted octanol–water partition coefficient (Wildman–Crippen LogP) is 3.99. The molecule has 166 valence electrons. The minimum absolute atomic E-state index is 0.0286. The fraction of sp³-hybridized carbons (Fsp3) is 0.625. The molecule has 1 N–H and O–H groups in total. The highest BCUT2D eigenvalue weighted by Crippen LogP contribution is 2.33. The van der Waals surface area contributed by atoms with E-state index in [1.54, 1.807) is 7.11 Å².